The van der Waals surface area contributed by atoms with Gasteiger partial charge in [0.15, 0.2) is 0 Å². The molecule has 4 heteroatoms. The Morgan fingerprint density at radius 1 is 0.913 bits per heavy atom. The molecule has 0 unspecified atom stereocenters. The number of nitrogens with zero attached hydrogens (tertiary/aromatic N) is 2. The number of halogens is 1. The van der Waals surface area contributed by atoms with Crippen molar-refractivity contribution in [3.05, 3.63) is 72.0 Å². The lowest BCUT2D eigenvalue weighted by molar-refractivity contribution is 0.631. The first-order chi connectivity index (χ1) is 11.2. The van der Waals surface area contributed by atoms with Gasteiger partial charge in [-0.2, -0.15) is 0 Å². The predicted octanol–water partition coefficient (Wildman–Crippen LogP) is 3.94. The summed E-state index contributed by atoms with van der Waals surface area (Å²) in [5.41, 5.74) is 10.7. The van der Waals surface area contributed by atoms with Gasteiger partial charge in [-0.25, -0.2) is 9.37 Å². The molecule has 0 atom stereocenters. The largest absolute Gasteiger partial charge is 0.383 e. The number of aliphatic imine (C=N–C) groups is 1. The van der Waals surface area contributed by atoms with Crippen molar-refractivity contribution in [2.24, 2.45) is 4.99 Å². The molecule has 1 aliphatic rings. The Kier molecular flexibility index (Phi) is 3.15. The molecule has 2 N–H and O–H groups in total. The SMILES string of the molecule is Nc1nc(-c2ccccc2)cc(-c2ccccc2F)c1C1=NC1. The van der Waals surface area contributed by atoms with Crippen LogP contribution in [0.1, 0.15) is 5.56 Å². The molecule has 3 nitrogen and oxygen atoms in total. The van der Waals surface area contributed by atoms with Crippen molar-refractivity contribution in [1.82, 2.24) is 4.98 Å². The molecule has 0 aliphatic carbocycles. The second-order valence-electron chi connectivity index (χ2n) is 5.42. The Morgan fingerprint density at radius 3 is 2.30 bits per heavy atom. The average molecular weight is 303 g/mol. The number of benzene rings is 2. The van der Waals surface area contributed by atoms with E-state index in [4.69, 9.17) is 5.73 Å². The highest BCUT2D eigenvalue weighted by atomic mass is 19.1. The van der Waals surface area contributed by atoms with Gasteiger partial charge in [0.2, 0.25) is 0 Å². The number of nitrogens with two attached hydrogens (primary N) is 1. The van der Waals surface area contributed by atoms with E-state index in [1.165, 1.54) is 6.07 Å². The van der Waals surface area contributed by atoms with E-state index in [9.17, 15) is 4.39 Å². The van der Waals surface area contributed by atoms with E-state index in [0.29, 0.717) is 17.9 Å². The highest BCUT2D eigenvalue weighted by molar-refractivity contribution is 6.17. The summed E-state index contributed by atoms with van der Waals surface area (Å²) in [5, 5.41) is 0. The van der Waals surface area contributed by atoms with Crippen LogP contribution in [0.2, 0.25) is 0 Å². The normalized spacial score (nSPS) is 12.8. The van der Waals surface area contributed by atoms with Gasteiger partial charge in [0.25, 0.3) is 0 Å². The molecule has 0 spiro atoms. The summed E-state index contributed by atoms with van der Waals surface area (Å²) < 4.78 is 14.3. The van der Waals surface area contributed by atoms with Gasteiger partial charge in [-0.1, -0.05) is 48.5 Å². The third kappa shape index (κ3) is 2.48. The average Bonchev–Trinajstić information content (AvgIpc) is 3.40. The van der Waals surface area contributed by atoms with Crippen LogP contribution in [0, 0.1) is 5.82 Å². The fourth-order valence-corrected chi connectivity index (χ4v) is 2.71. The molecule has 2 heterocycles. The maximum absolute atomic E-state index is 14.3. The second kappa shape index (κ2) is 5.32. The summed E-state index contributed by atoms with van der Waals surface area (Å²) in [4.78, 5) is 8.72. The van der Waals surface area contributed by atoms with Crippen molar-refractivity contribution in [3.8, 4) is 22.4 Å². The molecule has 0 amide bonds. The Labute approximate surface area is 133 Å². The van der Waals surface area contributed by atoms with E-state index in [1.807, 2.05) is 42.5 Å². The maximum atomic E-state index is 14.3. The van der Waals surface area contributed by atoms with E-state index in [2.05, 4.69) is 9.98 Å². The fraction of sp³-hybridized carbons (Fsp3) is 0.0526. The third-order valence-corrected chi connectivity index (χ3v) is 3.89. The highest BCUT2D eigenvalue weighted by Gasteiger charge is 2.24. The van der Waals surface area contributed by atoms with Gasteiger partial charge in [0.1, 0.15) is 11.6 Å². The molecule has 0 bridgehead atoms. The molecular formula is C19H14FN3. The highest BCUT2D eigenvalue weighted by Crippen LogP contribution is 2.35. The number of hydrogen-bond donors (Lipinski definition) is 1. The minimum Gasteiger partial charge on any atom is -0.383 e. The number of hydrogen-bond acceptors (Lipinski definition) is 3. The van der Waals surface area contributed by atoms with Gasteiger partial charge >= 0.3 is 0 Å². The zero-order valence-electron chi connectivity index (χ0n) is 12.3. The van der Waals surface area contributed by atoms with Crippen molar-refractivity contribution >= 4 is 11.5 Å². The van der Waals surface area contributed by atoms with E-state index in [1.54, 1.807) is 12.1 Å². The van der Waals surface area contributed by atoms with Gasteiger partial charge in [0.05, 0.1) is 18.0 Å². The van der Waals surface area contributed by atoms with Gasteiger partial charge in [-0.15, -0.1) is 0 Å². The van der Waals surface area contributed by atoms with E-state index >= 15 is 0 Å². The smallest absolute Gasteiger partial charge is 0.133 e. The van der Waals surface area contributed by atoms with Crippen LogP contribution in [0.4, 0.5) is 10.2 Å². The topological polar surface area (TPSA) is 51.3 Å². The summed E-state index contributed by atoms with van der Waals surface area (Å²) in [5.74, 6) is 0.112. The van der Waals surface area contributed by atoms with Crippen molar-refractivity contribution in [1.29, 1.82) is 0 Å². The molecule has 4 rings (SSSR count). The molecule has 0 saturated carbocycles. The second-order valence-corrected chi connectivity index (χ2v) is 5.42. The van der Waals surface area contributed by atoms with Crippen LogP contribution in [-0.2, 0) is 0 Å². The Bertz CT molecular complexity index is 917. The molecule has 3 aromatic rings. The van der Waals surface area contributed by atoms with Crippen molar-refractivity contribution in [2.45, 2.75) is 0 Å². The summed E-state index contributed by atoms with van der Waals surface area (Å²) in [6.07, 6.45) is 0. The first kappa shape index (κ1) is 13.6. The molecule has 0 fully saturated rings. The molecule has 1 aliphatic heterocycles. The molecule has 23 heavy (non-hydrogen) atoms. The van der Waals surface area contributed by atoms with Gasteiger partial charge in [0, 0.05) is 16.7 Å². The van der Waals surface area contributed by atoms with Gasteiger partial charge in [-0.3, -0.25) is 4.99 Å². The van der Waals surface area contributed by atoms with Crippen LogP contribution in [0.5, 0.6) is 0 Å². The van der Waals surface area contributed by atoms with E-state index in [0.717, 1.165) is 28.1 Å². The van der Waals surface area contributed by atoms with Crippen LogP contribution < -0.4 is 5.73 Å². The first-order valence-corrected chi connectivity index (χ1v) is 7.38. The van der Waals surface area contributed by atoms with Crippen molar-refractivity contribution < 1.29 is 4.39 Å². The van der Waals surface area contributed by atoms with E-state index in [-0.39, 0.29) is 5.82 Å². The monoisotopic (exact) mass is 303 g/mol. The predicted molar refractivity (Wildman–Crippen MR) is 90.9 cm³/mol. The minimum atomic E-state index is -0.278. The molecule has 0 radical (unpaired) electrons. The summed E-state index contributed by atoms with van der Waals surface area (Å²) in [6.45, 7) is 0.637. The number of rotatable bonds is 3. The molecule has 112 valence electrons. The number of aromatic nitrogens is 1. The number of nitrogen functional groups attached to an aromatic ring is 1. The Morgan fingerprint density at radius 2 is 1.61 bits per heavy atom. The van der Waals surface area contributed by atoms with Crippen molar-refractivity contribution in [2.75, 3.05) is 12.3 Å². The maximum Gasteiger partial charge on any atom is 0.133 e. The summed E-state index contributed by atoms with van der Waals surface area (Å²) in [6, 6.07) is 18.3. The van der Waals surface area contributed by atoms with Crippen LogP contribution in [0.15, 0.2) is 65.7 Å². The number of anilines is 1. The lowest BCUT2D eigenvalue weighted by atomic mass is 9.96. The van der Waals surface area contributed by atoms with Crippen LogP contribution in [0.25, 0.3) is 22.4 Å². The Balaban J connectivity index is 1.97. The lowest BCUT2D eigenvalue weighted by Crippen LogP contribution is -2.05. The first-order valence-electron chi connectivity index (χ1n) is 7.38. The third-order valence-electron chi connectivity index (χ3n) is 3.89. The van der Waals surface area contributed by atoms with E-state index < -0.39 is 0 Å². The quantitative estimate of drug-likeness (QED) is 0.796. The van der Waals surface area contributed by atoms with Crippen molar-refractivity contribution in [3.63, 3.8) is 0 Å². The van der Waals surface area contributed by atoms with Gasteiger partial charge in [-0.05, 0) is 17.7 Å². The van der Waals surface area contributed by atoms with Crippen LogP contribution >= 0.6 is 0 Å². The van der Waals surface area contributed by atoms with Crippen LogP contribution in [-0.4, -0.2) is 17.2 Å². The fourth-order valence-electron chi connectivity index (χ4n) is 2.71. The molecular weight excluding hydrogens is 289 g/mol. The molecule has 1 aromatic heterocycles. The summed E-state index contributed by atoms with van der Waals surface area (Å²) in [7, 11) is 0. The standard InChI is InChI=1S/C19H14FN3/c20-15-9-5-4-8-13(15)14-10-16(12-6-2-1-3-7-12)23-19(21)18(14)17-11-22-17/h1-10H,11H2,(H2,21,23). The minimum absolute atomic E-state index is 0.278. The summed E-state index contributed by atoms with van der Waals surface area (Å²) >= 11 is 0. The van der Waals surface area contributed by atoms with Crippen LogP contribution in [0.3, 0.4) is 0 Å². The Hall–Kier alpha value is -3.01. The van der Waals surface area contributed by atoms with Gasteiger partial charge < -0.3 is 5.73 Å². The number of pyridine rings is 1. The molecule has 2 aromatic carbocycles. The zero-order chi connectivity index (χ0) is 15.8. The zero-order valence-corrected chi connectivity index (χ0v) is 12.3. The lowest BCUT2D eigenvalue weighted by Gasteiger charge is -2.13. The molecule has 0 saturated heterocycles.